The lowest BCUT2D eigenvalue weighted by molar-refractivity contribution is 0.0924. The van der Waals surface area contributed by atoms with Crippen LogP contribution in [0, 0.1) is 5.41 Å². The van der Waals surface area contributed by atoms with Crippen LogP contribution < -0.4 is 11.1 Å². The SMILES string of the molecule is CCC1(CNC(=O)c2ccc(N)cn2)CCCC1. The fourth-order valence-corrected chi connectivity index (χ4v) is 2.68. The maximum absolute atomic E-state index is 12.0. The topological polar surface area (TPSA) is 68.0 Å². The van der Waals surface area contributed by atoms with Gasteiger partial charge in [0.2, 0.25) is 0 Å². The monoisotopic (exact) mass is 247 g/mol. The number of aromatic nitrogens is 1. The molecule has 4 nitrogen and oxygen atoms in total. The first-order valence-corrected chi connectivity index (χ1v) is 6.65. The number of hydrogen-bond donors (Lipinski definition) is 2. The minimum Gasteiger partial charge on any atom is -0.397 e. The van der Waals surface area contributed by atoms with Gasteiger partial charge in [-0.05, 0) is 36.8 Å². The first kappa shape index (κ1) is 12.9. The van der Waals surface area contributed by atoms with E-state index in [2.05, 4.69) is 17.2 Å². The van der Waals surface area contributed by atoms with Gasteiger partial charge in [0.05, 0.1) is 11.9 Å². The number of hydrogen-bond acceptors (Lipinski definition) is 3. The summed E-state index contributed by atoms with van der Waals surface area (Å²) in [7, 11) is 0. The fourth-order valence-electron chi connectivity index (χ4n) is 2.68. The molecule has 4 heteroatoms. The van der Waals surface area contributed by atoms with Crippen LogP contribution in [-0.2, 0) is 0 Å². The standard InChI is InChI=1S/C14H21N3O/c1-2-14(7-3-4-8-14)10-17-13(18)12-6-5-11(15)9-16-12/h5-6,9H,2-4,7-8,10,15H2,1H3,(H,17,18). The lowest BCUT2D eigenvalue weighted by Crippen LogP contribution is -2.35. The van der Waals surface area contributed by atoms with E-state index in [0.29, 0.717) is 16.8 Å². The molecule has 1 aromatic heterocycles. The molecule has 1 saturated carbocycles. The molecule has 2 rings (SSSR count). The summed E-state index contributed by atoms with van der Waals surface area (Å²) in [6.45, 7) is 2.97. The number of nitrogens with zero attached hydrogens (tertiary/aromatic N) is 1. The molecule has 0 radical (unpaired) electrons. The zero-order valence-electron chi connectivity index (χ0n) is 10.9. The minimum atomic E-state index is -0.102. The number of anilines is 1. The van der Waals surface area contributed by atoms with Crippen LogP contribution in [0.1, 0.15) is 49.5 Å². The predicted molar refractivity (Wildman–Crippen MR) is 72.2 cm³/mol. The van der Waals surface area contributed by atoms with E-state index in [1.165, 1.54) is 31.9 Å². The van der Waals surface area contributed by atoms with Crippen molar-refractivity contribution in [3.05, 3.63) is 24.0 Å². The van der Waals surface area contributed by atoms with E-state index >= 15 is 0 Å². The highest BCUT2D eigenvalue weighted by molar-refractivity contribution is 5.92. The van der Waals surface area contributed by atoms with Gasteiger partial charge < -0.3 is 11.1 Å². The minimum absolute atomic E-state index is 0.102. The Labute approximate surface area is 108 Å². The Hall–Kier alpha value is -1.58. The first-order valence-electron chi connectivity index (χ1n) is 6.65. The normalized spacial score (nSPS) is 17.6. The van der Waals surface area contributed by atoms with Crippen molar-refractivity contribution < 1.29 is 4.79 Å². The van der Waals surface area contributed by atoms with Crippen molar-refractivity contribution in [1.82, 2.24) is 10.3 Å². The number of rotatable bonds is 4. The van der Waals surface area contributed by atoms with Gasteiger partial charge in [-0.15, -0.1) is 0 Å². The number of nitrogen functional groups attached to an aromatic ring is 1. The molecule has 0 aromatic carbocycles. The van der Waals surface area contributed by atoms with Gasteiger partial charge in [0.15, 0.2) is 0 Å². The largest absolute Gasteiger partial charge is 0.397 e. The number of carbonyl (C=O) groups is 1. The highest BCUT2D eigenvalue weighted by Gasteiger charge is 2.32. The van der Waals surface area contributed by atoms with Gasteiger partial charge in [-0.25, -0.2) is 4.98 Å². The van der Waals surface area contributed by atoms with Crippen LogP contribution in [0.4, 0.5) is 5.69 Å². The van der Waals surface area contributed by atoms with Crippen LogP contribution in [-0.4, -0.2) is 17.4 Å². The van der Waals surface area contributed by atoms with E-state index in [-0.39, 0.29) is 5.91 Å². The second-order valence-electron chi connectivity index (χ2n) is 5.22. The number of nitrogens with one attached hydrogen (secondary N) is 1. The molecule has 1 amide bonds. The van der Waals surface area contributed by atoms with E-state index in [1.54, 1.807) is 12.1 Å². The van der Waals surface area contributed by atoms with Crippen LogP contribution in [0.15, 0.2) is 18.3 Å². The average Bonchev–Trinajstić information content (AvgIpc) is 2.86. The van der Waals surface area contributed by atoms with Crippen molar-refractivity contribution >= 4 is 11.6 Å². The van der Waals surface area contributed by atoms with Crippen molar-refractivity contribution in [3.63, 3.8) is 0 Å². The molecule has 18 heavy (non-hydrogen) atoms. The van der Waals surface area contributed by atoms with Crippen molar-refractivity contribution in [3.8, 4) is 0 Å². The molecule has 98 valence electrons. The predicted octanol–water partition coefficient (Wildman–Crippen LogP) is 2.36. The zero-order valence-corrected chi connectivity index (χ0v) is 10.9. The molecule has 1 fully saturated rings. The maximum Gasteiger partial charge on any atom is 0.269 e. The van der Waals surface area contributed by atoms with Crippen molar-refractivity contribution in [2.24, 2.45) is 5.41 Å². The van der Waals surface area contributed by atoms with Crippen LogP contribution in [0.3, 0.4) is 0 Å². The maximum atomic E-state index is 12.0. The Morgan fingerprint density at radius 2 is 2.17 bits per heavy atom. The molecular weight excluding hydrogens is 226 g/mol. The Bertz CT molecular complexity index is 408. The fraction of sp³-hybridized carbons (Fsp3) is 0.571. The van der Waals surface area contributed by atoms with E-state index in [9.17, 15) is 4.79 Å². The Kier molecular flexibility index (Phi) is 3.84. The van der Waals surface area contributed by atoms with Crippen molar-refractivity contribution in [2.75, 3.05) is 12.3 Å². The van der Waals surface area contributed by atoms with Crippen LogP contribution in [0.5, 0.6) is 0 Å². The molecule has 3 N–H and O–H groups in total. The third-order valence-electron chi connectivity index (χ3n) is 4.06. The molecular formula is C14H21N3O. The number of nitrogens with two attached hydrogens (primary N) is 1. The van der Waals surface area contributed by atoms with E-state index in [1.807, 2.05) is 0 Å². The second kappa shape index (κ2) is 5.38. The van der Waals surface area contributed by atoms with Gasteiger partial charge in [0.25, 0.3) is 5.91 Å². The smallest absolute Gasteiger partial charge is 0.269 e. The van der Waals surface area contributed by atoms with Crippen molar-refractivity contribution in [1.29, 1.82) is 0 Å². The van der Waals surface area contributed by atoms with Gasteiger partial charge >= 0.3 is 0 Å². The average molecular weight is 247 g/mol. The highest BCUT2D eigenvalue weighted by Crippen LogP contribution is 2.40. The molecule has 0 aliphatic heterocycles. The molecule has 0 bridgehead atoms. The van der Waals surface area contributed by atoms with E-state index < -0.39 is 0 Å². The molecule has 1 aliphatic carbocycles. The Morgan fingerprint density at radius 3 is 2.72 bits per heavy atom. The van der Waals surface area contributed by atoms with E-state index in [4.69, 9.17) is 5.73 Å². The summed E-state index contributed by atoms with van der Waals surface area (Å²) in [6, 6.07) is 3.37. The lowest BCUT2D eigenvalue weighted by atomic mass is 9.83. The summed E-state index contributed by atoms with van der Waals surface area (Å²) < 4.78 is 0. The number of amides is 1. The van der Waals surface area contributed by atoms with Crippen LogP contribution in [0.2, 0.25) is 0 Å². The Morgan fingerprint density at radius 1 is 1.44 bits per heavy atom. The van der Waals surface area contributed by atoms with Gasteiger partial charge in [-0.1, -0.05) is 19.8 Å². The van der Waals surface area contributed by atoms with Gasteiger partial charge in [-0.2, -0.15) is 0 Å². The van der Waals surface area contributed by atoms with Gasteiger partial charge in [-0.3, -0.25) is 4.79 Å². The summed E-state index contributed by atoms with van der Waals surface area (Å²) in [5.74, 6) is -0.102. The molecule has 0 unspecified atom stereocenters. The molecule has 0 spiro atoms. The lowest BCUT2D eigenvalue weighted by Gasteiger charge is -2.27. The quantitative estimate of drug-likeness (QED) is 0.858. The summed E-state index contributed by atoms with van der Waals surface area (Å²) in [4.78, 5) is 16.0. The highest BCUT2D eigenvalue weighted by atomic mass is 16.1. The number of pyridine rings is 1. The molecule has 0 atom stereocenters. The summed E-state index contributed by atoms with van der Waals surface area (Å²) >= 11 is 0. The Balaban J connectivity index is 1.93. The molecule has 1 aliphatic rings. The molecule has 1 heterocycles. The number of carbonyl (C=O) groups excluding carboxylic acids is 1. The van der Waals surface area contributed by atoms with Crippen molar-refractivity contribution in [2.45, 2.75) is 39.0 Å². The third-order valence-corrected chi connectivity index (χ3v) is 4.06. The van der Waals surface area contributed by atoms with Crippen LogP contribution >= 0.6 is 0 Å². The third kappa shape index (κ3) is 2.81. The molecule has 0 saturated heterocycles. The van der Waals surface area contributed by atoms with Crippen LogP contribution in [0.25, 0.3) is 0 Å². The van der Waals surface area contributed by atoms with Gasteiger partial charge in [0, 0.05) is 6.54 Å². The summed E-state index contributed by atoms with van der Waals surface area (Å²) in [5, 5.41) is 3.01. The summed E-state index contributed by atoms with van der Waals surface area (Å²) in [6.07, 6.45) is 7.65. The second-order valence-corrected chi connectivity index (χ2v) is 5.22. The van der Waals surface area contributed by atoms with E-state index in [0.717, 1.165) is 13.0 Å². The first-order chi connectivity index (χ1) is 8.65. The van der Waals surface area contributed by atoms with Gasteiger partial charge in [0.1, 0.15) is 5.69 Å². The summed E-state index contributed by atoms with van der Waals surface area (Å²) in [5.41, 5.74) is 6.87. The zero-order chi connectivity index (χ0) is 13.0. The molecule has 1 aromatic rings.